The minimum atomic E-state index is -1.26. The minimum Gasteiger partial charge on any atom is -0.404 e. The van der Waals surface area contributed by atoms with Crippen molar-refractivity contribution in [3.8, 4) is 0 Å². The van der Waals surface area contributed by atoms with E-state index in [1.807, 2.05) is 13.0 Å². The van der Waals surface area contributed by atoms with Crippen LogP contribution < -0.4 is 11.1 Å². The van der Waals surface area contributed by atoms with Gasteiger partial charge >= 0.3 is 0 Å². The number of anilines is 1. The van der Waals surface area contributed by atoms with Crippen molar-refractivity contribution in [2.24, 2.45) is 10.7 Å². The van der Waals surface area contributed by atoms with E-state index in [9.17, 15) is 9.90 Å². The van der Waals surface area contributed by atoms with Crippen LogP contribution in [-0.2, 0) is 4.79 Å². The number of aliphatic hydroxyl groups excluding tert-OH is 2. The molecular weight excluding hydrogens is 338 g/mol. The van der Waals surface area contributed by atoms with Gasteiger partial charge in [0.15, 0.2) is 0 Å². The summed E-state index contributed by atoms with van der Waals surface area (Å²) >= 11 is 3.35. The van der Waals surface area contributed by atoms with Gasteiger partial charge in [0.05, 0.1) is 6.61 Å². The van der Waals surface area contributed by atoms with Gasteiger partial charge < -0.3 is 21.3 Å². The fourth-order valence-electron chi connectivity index (χ4n) is 1.76. The number of aliphatic hydroxyl groups is 2. The molecular formula is C14H18BrN3O3. The third-order valence-electron chi connectivity index (χ3n) is 2.86. The van der Waals surface area contributed by atoms with Crippen molar-refractivity contribution in [2.75, 3.05) is 19.0 Å². The molecule has 1 aromatic rings. The fraction of sp³-hybridized carbons (Fsp3) is 0.286. The van der Waals surface area contributed by atoms with E-state index in [4.69, 9.17) is 10.8 Å². The minimum absolute atomic E-state index is 0.0265. The third kappa shape index (κ3) is 4.38. The van der Waals surface area contributed by atoms with Crippen LogP contribution in [0.25, 0.3) is 0 Å². The average molecular weight is 356 g/mol. The number of halogens is 1. The first-order valence-corrected chi connectivity index (χ1v) is 6.99. The monoisotopic (exact) mass is 355 g/mol. The first-order valence-electron chi connectivity index (χ1n) is 6.20. The molecule has 0 fully saturated rings. The summed E-state index contributed by atoms with van der Waals surface area (Å²) in [6.45, 7) is 1.30. The zero-order valence-electron chi connectivity index (χ0n) is 11.8. The van der Waals surface area contributed by atoms with Crippen LogP contribution in [0.2, 0.25) is 0 Å². The van der Waals surface area contributed by atoms with Crippen molar-refractivity contribution in [2.45, 2.75) is 13.0 Å². The molecule has 1 amide bonds. The molecule has 7 heteroatoms. The summed E-state index contributed by atoms with van der Waals surface area (Å²) in [6.07, 6.45) is -0.192. The van der Waals surface area contributed by atoms with Crippen LogP contribution >= 0.6 is 15.9 Å². The summed E-state index contributed by atoms with van der Waals surface area (Å²) in [7, 11) is 1.41. The molecule has 1 aromatic carbocycles. The number of carbonyl (C=O) groups excluding carboxylic acids is 1. The number of hydrogen-bond donors (Lipinski definition) is 4. The predicted octanol–water partition coefficient (Wildman–Crippen LogP) is 0.963. The lowest BCUT2D eigenvalue weighted by molar-refractivity contribution is -0.110. The highest BCUT2D eigenvalue weighted by atomic mass is 79.9. The Bertz CT molecular complexity index is 585. The summed E-state index contributed by atoms with van der Waals surface area (Å²) in [5.74, 6) is -0.507. The summed E-state index contributed by atoms with van der Waals surface area (Å²) in [6, 6.07) is 5.41. The summed E-state index contributed by atoms with van der Waals surface area (Å²) in [4.78, 5) is 16.1. The van der Waals surface area contributed by atoms with Crippen LogP contribution in [0.5, 0.6) is 0 Å². The van der Waals surface area contributed by atoms with Gasteiger partial charge in [-0.15, -0.1) is 0 Å². The van der Waals surface area contributed by atoms with Crippen molar-refractivity contribution >= 4 is 33.2 Å². The maximum atomic E-state index is 12.3. The molecule has 0 aliphatic carbocycles. The number of rotatable bonds is 5. The van der Waals surface area contributed by atoms with Crippen LogP contribution in [0.1, 0.15) is 5.56 Å². The molecule has 5 N–H and O–H groups in total. The van der Waals surface area contributed by atoms with Crippen molar-refractivity contribution in [3.05, 3.63) is 40.0 Å². The van der Waals surface area contributed by atoms with Crippen LogP contribution in [0.3, 0.4) is 0 Å². The van der Waals surface area contributed by atoms with E-state index in [0.717, 1.165) is 16.2 Å². The average Bonchev–Trinajstić information content (AvgIpc) is 2.46. The third-order valence-corrected chi connectivity index (χ3v) is 3.35. The lowest BCUT2D eigenvalue weighted by atomic mass is 10.0. The second-order valence-electron chi connectivity index (χ2n) is 4.31. The first kappa shape index (κ1) is 17.4. The highest BCUT2D eigenvalue weighted by molar-refractivity contribution is 9.10. The van der Waals surface area contributed by atoms with Crippen molar-refractivity contribution in [3.63, 3.8) is 0 Å². The molecule has 0 saturated heterocycles. The van der Waals surface area contributed by atoms with Crippen molar-refractivity contribution in [1.82, 2.24) is 0 Å². The molecule has 1 atom stereocenters. The number of carbonyl (C=O) groups is 1. The number of aliphatic imine (C=N–C) groups is 1. The van der Waals surface area contributed by atoms with Crippen LogP contribution in [-0.4, -0.2) is 41.6 Å². The largest absolute Gasteiger partial charge is 0.404 e. The summed E-state index contributed by atoms with van der Waals surface area (Å²) in [5, 5.41) is 21.4. The number of nitrogens with two attached hydrogens (primary N) is 1. The zero-order chi connectivity index (χ0) is 16.0. The van der Waals surface area contributed by atoms with Crippen LogP contribution in [0.4, 0.5) is 5.69 Å². The maximum Gasteiger partial charge on any atom is 0.274 e. The Morgan fingerprint density at radius 2 is 2.24 bits per heavy atom. The molecule has 114 valence electrons. The number of nitrogens with one attached hydrogen (secondary N) is 1. The van der Waals surface area contributed by atoms with Crippen molar-refractivity contribution in [1.29, 1.82) is 0 Å². The molecule has 0 spiro atoms. The van der Waals surface area contributed by atoms with Gasteiger partial charge in [0.1, 0.15) is 11.8 Å². The number of hydrogen-bond acceptors (Lipinski definition) is 5. The highest BCUT2D eigenvalue weighted by Gasteiger charge is 2.22. The predicted molar refractivity (Wildman–Crippen MR) is 86.2 cm³/mol. The number of benzene rings is 1. The molecule has 1 unspecified atom stereocenters. The lowest BCUT2D eigenvalue weighted by Crippen LogP contribution is -2.32. The fourth-order valence-corrected chi connectivity index (χ4v) is 2.23. The Morgan fingerprint density at radius 3 is 2.71 bits per heavy atom. The summed E-state index contributed by atoms with van der Waals surface area (Å²) in [5.41, 5.74) is 6.95. The molecule has 1 rings (SSSR count). The Morgan fingerprint density at radius 1 is 1.57 bits per heavy atom. The number of aryl methyl sites for hydroxylation is 1. The van der Waals surface area contributed by atoms with E-state index in [-0.39, 0.29) is 11.3 Å². The summed E-state index contributed by atoms with van der Waals surface area (Å²) < 4.78 is 0.903. The molecule has 0 saturated carbocycles. The van der Waals surface area contributed by atoms with Gasteiger partial charge in [-0.2, -0.15) is 0 Å². The molecule has 0 aromatic heterocycles. The van der Waals surface area contributed by atoms with E-state index in [1.54, 1.807) is 12.1 Å². The second-order valence-corrected chi connectivity index (χ2v) is 5.22. The number of amides is 1. The van der Waals surface area contributed by atoms with Gasteiger partial charge in [0.25, 0.3) is 5.91 Å². The standard InChI is InChI=1S/C14H18BrN3O3/c1-8-5-9(15)3-4-11(8)18-14(21)13(17-2)10(6-16)12(20)7-19/h3-6,12,19-20H,7,16H2,1-2H3,(H,18,21)/b10-6-,17-13?. The Balaban J connectivity index is 3.00. The Labute approximate surface area is 131 Å². The normalized spacial score (nSPS) is 14.0. The van der Waals surface area contributed by atoms with Gasteiger partial charge in [-0.1, -0.05) is 15.9 Å². The van der Waals surface area contributed by atoms with Crippen molar-refractivity contribution < 1.29 is 15.0 Å². The van der Waals surface area contributed by atoms with Crippen LogP contribution in [0, 0.1) is 6.92 Å². The molecule has 0 radical (unpaired) electrons. The molecule has 0 aliphatic heterocycles. The highest BCUT2D eigenvalue weighted by Crippen LogP contribution is 2.20. The lowest BCUT2D eigenvalue weighted by Gasteiger charge is -2.15. The maximum absolute atomic E-state index is 12.3. The van der Waals surface area contributed by atoms with E-state index >= 15 is 0 Å². The Kier molecular flexibility index (Phi) is 6.54. The Hall–Kier alpha value is -1.70. The van der Waals surface area contributed by atoms with Gasteiger partial charge in [-0.3, -0.25) is 9.79 Å². The molecule has 0 aliphatic rings. The van der Waals surface area contributed by atoms with Gasteiger partial charge in [-0.05, 0) is 30.7 Å². The van der Waals surface area contributed by atoms with E-state index in [2.05, 4.69) is 26.2 Å². The van der Waals surface area contributed by atoms with E-state index < -0.39 is 18.6 Å². The molecule has 6 nitrogen and oxygen atoms in total. The molecule has 21 heavy (non-hydrogen) atoms. The smallest absolute Gasteiger partial charge is 0.274 e. The molecule has 0 bridgehead atoms. The molecule has 0 heterocycles. The first-order chi connectivity index (χ1) is 9.94. The van der Waals surface area contributed by atoms with Gasteiger partial charge in [0.2, 0.25) is 0 Å². The van der Waals surface area contributed by atoms with E-state index in [0.29, 0.717) is 5.69 Å². The zero-order valence-corrected chi connectivity index (χ0v) is 13.4. The van der Waals surface area contributed by atoms with Crippen LogP contribution in [0.15, 0.2) is 39.4 Å². The topological polar surface area (TPSA) is 108 Å². The second kappa shape index (κ2) is 7.92. The quantitative estimate of drug-likeness (QED) is 0.590. The van der Waals surface area contributed by atoms with E-state index in [1.165, 1.54) is 7.05 Å². The number of nitrogens with zero attached hydrogens (tertiary/aromatic N) is 1. The van der Waals surface area contributed by atoms with Gasteiger partial charge in [-0.25, -0.2) is 0 Å². The SMILES string of the molecule is CN=C(C(=O)Nc1ccc(Br)cc1C)/C(=C\N)C(O)CO. The van der Waals surface area contributed by atoms with Gasteiger partial charge in [0, 0.05) is 29.0 Å².